The van der Waals surface area contributed by atoms with Crippen LogP contribution in [0.1, 0.15) is 16.3 Å². The van der Waals surface area contributed by atoms with Crippen LogP contribution in [0.25, 0.3) is 39.5 Å². The molecule has 0 saturated carbocycles. The molecule has 9 nitrogen and oxygen atoms in total. The number of carbonyl (C=O) groups is 1. The number of imidazole rings is 2. The molecule has 4 heterocycles. The summed E-state index contributed by atoms with van der Waals surface area (Å²) in [7, 11) is 1.89. The van der Waals surface area contributed by atoms with Crippen molar-refractivity contribution in [1.82, 2.24) is 34.1 Å². The van der Waals surface area contributed by atoms with Crippen LogP contribution in [-0.4, -0.2) is 40.0 Å². The Morgan fingerprint density at radius 1 is 0.846 bits per heavy atom. The molecule has 0 spiro atoms. The van der Waals surface area contributed by atoms with E-state index in [0.29, 0.717) is 28.3 Å². The molecule has 0 bridgehead atoms. The first-order valence-electron chi connectivity index (χ1n) is 11.9. The number of aryl methyl sites for hydroxylation is 1. The lowest BCUT2D eigenvalue weighted by Gasteiger charge is -2.07. The van der Waals surface area contributed by atoms with E-state index in [9.17, 15) is 13.6 Å². The molecule has 192 valence electrons. The Balaban J connectivity index is 1.29. The minimum absolute atomic E-state index is 0.129. The molecule has 4 aromatic heterocycles. The maximum atomic E-state index is 13.5. The molecule has 6 aromatic rings. The fourth-order valence-electron chi connectivity index (χ4n) is 4.22. The highest BCUT2D eigenvalue weighted by Gasteiger charge is 2.19. The molecule has 1 N–H and O–H groups in total. The predicted octanol–water partition coefficient (Wildman–Crippen LogP) is 5.09. The number of anilines is 1. The molecule has 0 aliphatic rings. The van der Waals surface area contributed by atoms with Crippen molar-refractivity contribution in [2.45, 2.75) is 6.92 Å². The fourth-order valence-corrected chi connectivity index (χ4v) is 4.22. The van der Waals surface area contributed by atoms with Gasteiger partial charge < -0.3 is 9.88 Å². The fraction of sp³-hybridized carbons (Fsp3) is 0.0714. The van der Waals surface area contributed by atoms with Crippen molar-refractivity contribution in [3.8, 4) is 33.9 Å². The monoisotopic (exact) mass is 522 g/mol. The first-order valence-corrected chi connectivity index (χ1v) is 11.9. The van der Waals surface area contributed by atoms with E-state index in [-0.39, 0.29) is 23.1 Å². The minimum Gasteiger partial charge on any atom is -0.330 e. The molecule has 11 heteroatoms. The summed E-state index contributed by atoms with van der Waals surface area (Å²) < 4.78 is 30.2. The topological polar surface area (TPSA) is 103 Å². The number of fused-ring (bicyclic) bond motifs is 1. The predicted molar refractivity (Wildman–Crippen MR) is 141 cm³/mol. The van der Waals surface area contributed by atoms with Crippen molar-refractivity contribution in [3.05, 3.63) is 102 Å². The SMILES string of the molecule is Cc1nc(-c2ccc(F)cc2)c(-c2ccc3nc(NC(=O)c4cc(-c5ccc(F)cc5)ncn4)cn3n2)n1C. The molecule has 0 aliphatic heterocycles. The van der Waals surface area contributed by atoms with Gasteiger partial charge in [0.05, 0.1) is 23.3 Å². The molecular weight excluding hydrogens is 502 g/mol. The van der Waals surface area contributed by atoms with Crippen LogP contribution in [0, 0.1) is 18.6 Å². The van der Waals surface area contributed by atoms with Gasteiger partial charge in [0.15, 0.2) is 11.5 Å². The highest BCUT2D eigenvalue weighted by molar-refractivity contribution is 6.02. The molecule has 0 saturated heterocycles. The summed E-state index contributed by atoms with van der Waals surface area (Å²) in [6.45, 7) is 1.88. The van der Waals surface area contributed by atoms with Crippen molar-refractivity contribution >= 4 is 17.4 Å². The van der Waals surface area contributed by atoms with Gasteiger partial charge >= 0.3 is 0 Å². The van der Waals surface area contributed by atoms with Gasteiger partial charge in [-0.05, 0) is 73.7 Å². The molecule has 0 radical (unpaired) electrons. The number of hydrogen-bond acceptors (Lipinski definition) is 6. The molecular formula is C28H20F2N8O. The molecule has 39 heavy (non-hydrogen) atoms. The van der Waals surface area contributed by atoms with Gasteiger partial charge in [0.25, 0.3) is 5.91 Å². The lowest BCUT2D eigenvalue weighted by Crippen LogP contribution is -2.14. The molecule has 0 fully saturated rings. The van der Waals surface area contributed by atoms with Crippen molar-refractivity contribution in [2.24, 2.45) is 7.05 Å². The van der Waals surface area contributed by atoms with E-state index >= 15 is 0 Å². The Bertz CT molecular complexity index is 1840. The number of rotatable bonds is 5. The third-order valence-electron chi connectivity index (χ3n) is 6.28. The standard InChI is InChI=1S/C28H20F2N8O/c1-16-33-26(18-5-9-20(30)10-6-18)27(37(16)2)21-11-12-25-34-24(14-38(25)36-21)35-28(39)23-13-22(31-15-32-23)17-3-7-19(29)8-4-17/h3-15H,1-2H3,(H,35,39). The van der Waals surface area contributed by atoms with E-state index in [2.05, 4.69) is 25.3 Å². The Labute approximate surface area is 220 Å². The summed E-state index contributed by atoms with van der Waals surface area (Å²) in [6.07, 6.45) is 2.87. The van der Waals surface area contributed by atoms with E-state index in [1.54, 1.807) is 41.0 Å². The van der Waals surface area contributed by atoms with Crippen molar-refractivity contribution < 1.29 is 13.6 Å². The highest BCUT2D eigenvalue weighted by Crippen LogP contribution is 2.31. The van der Waals surface area contributed by atoms with Gasteiger partial charge in [-0.3, -0.25) is 4.79 Å². The highest BCUT2D eigenvalue weighted by atomic mass is 19.1. The third kappa shape index (κ3) is 4.61. The molecule has 0 unspecified atom stereocenters. The average molecular weight is 523 g/mol. The Morgan fingerprint density at radius 2 is 1.54 bits per heavy atom. The molecule has 6 rings (SSSR count). The number of aromatic nitrogens is 7. The van der Waals surface area contributed by atoms with Gasteiger partial charge in [0.2, 0.25) is 0 Å². The van der Waals surface area contributed by atoms with Crippen LogP contribution in [0.3, 0.4) is 0 Å². The summed E-state index contributed by atoms with van der Waals surface area (Å²) in [6, 6.07) is 17.1. The normalized spacial score (nSPS) is 11.2. The molecule has 0 atom stereocenters. The van der Waals surface area contributed by atoms with E-state index in [0.717, 1.165) is 17.1 Å². The minimum atomic E-state index is -0.481. The smallest absolute Gasteiger partial charge is 0.275 e. The number of carbonyl (C=O) groups excluding carboxylic acids is 1. The first kappa shape index (κ1) is 24.0. The maximum Gasteiger partial charge on any atom is 0.275 e. The number of amides is 1. The number of benzene rings is 2. The van der Waals surface area contributed by atoms with Gasteiger partial charge in [-0.1, -0.05) is 0 Å². The zero-order chi connectivity index (χ0) is 27.1. The lowest BCUT2D eigenvalue weighted by molar-refractivity contribution is 0.102. The van der Waals surface area contributed by atoms with Gasteiger partial charge in [-0.15, -0.1) is 0 Å². The summed E-state index contributed by atoms with van der Waals surface area (Å²) >= 11 is 0. The zero-order valence-electron chi connectivity index (χ0n) is 20.8. The summed E-state index contributed by atoms with van der Waals surface area (Å²) in [5.74, 6) is -0.111. The van der Waals surface area contributed by atoms with Crippen LogP contribution in [0.2, 0.25) is 0 Å². The third-order valence-corrected chi connectivity index (χ3v) is 6.28. The van der Waals surface area contributed by atoms with Crippen LogP contribution >= 0.6 is 0 Å². The van der Waals surface area contributed by atoms with Gasteiger partial charge in [-0.25, -0.2) is 33.2 Å². The van der Waals surface area contributed by atoms with Crippen molar-refractivity contribution in [2.75, 3.05) is 5.32 Å². The van der Waals surface area contributed by atoms with Gasteiger partial charge in [-0.2, -0.15) is 5.10 Å². The lowest BCUT2D eigenvalue weighted by atomic mass is 10.1. The second kappa shape index (κ2) is 9.53. The summed E-state index contributed by atoms with van der Waals surface area (Å²) in [5, 5.41) is 7.44. The molecule has 2 aromatic carbocycles. The van der Waals surface area contributed by atoms with Crippen LogP contribution in [0.5, 0.6) is 0 Å². The van der Waals surface area contributed by atoms with E-state index in [1.165, 1.54) is 36.7 Å². The number of nitrogens with zero attached hydrogens (tertiary/aromatic N) is 7. The van der Waals surface area contributed by atoms with Crippen molar-refractivity contribution in [1.29, 1.82) is 0 Å². The van der Waals surface area contributed by atoms with Gasteiger partial charge in [0, 0.05) is 18.2 Å². The summed E-state index contributed by atoms with van der Waals surface area (Å²) in [5.41, 5.74) is 4.61. The second-order valence-corrected chi connectivity index (χ2v) is 8.82. The van der Waals surface area contributed by atoms with Gasteiger partial charge in [0.1, 0.15) is 35.2 Å². The Kier molecular flexibility index (Phi) is 5.87. The van der Waals surface area contributed by atoms with E-state index < -0.39 is 5.91 Å². The number of halogens is 2. The van der Waals surface area contributed by atoms with Crippen LogP contribution < -0.4 is 5.32 Å². The summed E-state index contributed by atoms with van der Waals surface area (Å²) in [4.78, 5) is 30.3. The van der Waals surface area contributed by atoms with Crippen molar-refractivity contribution in [3.63, 3.8) is 0 Å². The maximum absolute atomic E-state index is 13.5. The van der Waals surface area contributed by atoms with Crippen LogP contribution in [-0.2, 0) is 7.05 Å². The van der Waals surface area contributed by atoms with E-state index in [1.807, 2.05) is 24.6 Å². The van der Waals surface area contributed by atoms with E-state index in [4.69, 9.17) is 5.10 Å². The number of nitrogens with one attached hydrogen (secondary N) is 1. The number of hydrogen-bond donors (Lipinski definition) is 1. The van der Waals surface area contributed by atoms with Crippen LogP contribution in [0.4, 0.5) is 14.6 Å². The Hall–Kier alpha value is -5.32. The second-order valence-electron chi connectivity index (χ2n) is 8.82. The average Bonchev–Trinajstić information content (AvgIpc) is 3.48. The first-order chi connectivity index (χ1) is 18.9. The zero-order valence-corrected chi connectivity index (χ0v) is 20.8. The van der Waals surface area contributed by atoms with Crippen LogP contribution in [0.15, 0.2) is 79.3 Å². The quantitative estimate of drug-likeness (QED) is 0.338. The largest absolute Gasteiger partial charge is 0.330 e. The Morgan fingerprint density at radius 3 is 2.26 bits per heavy atom. The molecule has 1 amide bonds. The molecule has 0 aliphatic carbocycles.